The van der Waals surface area contributed by atoms with E-state index in [0.29, 0.717) is 10.9 Å². The second-order valence-corrected chi connectivity index (χ2v) is 8.32. The molecule has 0 amide bonds. The number of carbonyl (C=O) groups excluding carboxylic acids is 1. The lowest BCUT2D eigenvalue weighted by Gasteiger charge is -2.23. The second-order valence-electron chi connectivity index (χ2n) is 6.80. The summed E-state index contributed by atoms with van der Waals surface area (Å²) in [6.45, 7) is 3.19. The van der Waals surface area contributed by atoms with Gasteiger partial charge in [-0.15, -0.1) is 0 Å². The maximum Gasteiger partial charge on any atom is 0.171 e. The molecule has 0 bridgehead atoms. The van der Waals surface area contributed by atoms with E-state index in [1.54, 1.807) is 11.8 Å². The van der Waals surface area contributed by atoms with E-state index in [0.717, 1.165) is 29.0 Å². The Hall–Kier alpha value is -1.29. The number of rotatable bonds is 4. The fraction of sp³-hybridized carbons (Fsp3) is 0.350. The number of fused-ring (bicyclic) bond motifs is 2. The molecule has 0 aliphatic carbocycles. The van der Waals surface area contributed by atoms with Crippen molar-refractivity contribution in [3.8, 4) is 0 Å². The average molecular weight is 360 g/mol. The van der Waals surface area contributed by atoms with E-state index < -0.39 is 0 Å². The largest absolute Gasteiger partial charge is 0.309 e. The molecule has 1 aliphatic rings. The predicted molar refractivity (Wildman–Crippen MR) is 101 cm³/mol. The highest BCUT2D eigenvalue weighted by Crippen LogP contribution is 2.44. The molecule has 0 radical (unpaired) electrons. The summed E-state index contributed by atoms with van der Waals surface area (Å²) in [5.41, 5.74) is 1.90. The lowest BCUT2D eigenvalue weighted by Crippen LogP contribution is -2.24. The van der Waals surface area contributed by atoms with Crippen molar-refractivity contribution in [2.75, 3.05) is 20.6 Å². The first-order chi connectivity index (χ1) is 11.5. The Morgan fingerprint density at radius 2 is 1.92 bits per heavy atom. The van der Waals surface area contributed by atoms with Crippen molar-refractivity contribution < 1.29 is 4.79 Å². The number of hydrogen-bond donors (Lipinski definition) is 0. The van der Waals surface area contributed by atoms with Gasteiger partial charge < -0.3 is 4.90 Å². The van der Waals surface area contributed by atoms with Gasteiger partial charge in [0, 0.05) is 32.8 Å². The number of nitrogens with zero attached hydrogens (tertiary/aromatic N) is 1. The molecule has 2 unspecified atom stereocenters. The SMILES string of the molecule is CC(CC1C(=O)c2cc(Cl)ccc2Sc2ccccc21)CN(C)C. The van der Waals surface area contributed by atoms with Crippen LogP contribution >= 0.6 is 23.4 Å². The summed E-state index contributed by atoms with van der Waals surface area (Å²) in [6.07, 6.45) is 0.848. The summed E-state index contributed by atoms with van der Waals surface area (Å²) in [7, 11) is 4.15. The van der Waals surface area contributed by atoms with Crippen molar-refractivity contribution in [2.45, 2.75) is 29.1 Å². The minimum atomic E-state index is -0.108. The number of Topliss-reactive ketones (excluding diaryl/α,β-unsaturated/α-hetero) is 1. The Morgan fingerprint density at radius 3 is 2.67 bits per heavy atom. The van der Waals surface area contributed by atoms with E-state index in [4.69, 9.17) is 11.6 Å². The van der Waals surface area contributed by atoms with Crippen LogP contribution in [0.2, 0.25) is 5.02 Å². The fourth-order valence-electron chi connectivity index (χ4n) is 3.43. The van der Waals surface area contributed by atoms with Gasteiger partial charge in [-0.3, -0.25) is 4.79 Å². The van der Waals surface area contributed by atoms with Crippen LogP contribution in [0.15, 0.2) is 52.3 Å². The second kappa shape index (κ2) is 7.30. The van der Waals surface area contributed by atoms with Crippen LogP contribution in [0.5, 0.6) is 0 Å². The molecule has 2 nitrogen and oxygen atoms in total. The Bertz CT molecular complexity index is 759. The summed E-state index contributed by atoms with van der Waals surface area (Å²) >= 11 is 7.83. The van der Waals surface area contributed by atoms with Gasteiger partial charge in [0.05, 0.1) is 0 Å². The molecule has 0 fully saturated rings. The highest BCUT2D eigenvalue weighted by atomic mass is 35.5. The molecule has 0 saturated carbocycles. The molecule has 4 heteroatoms. The van der Waals surface area contributed by atoms with Crippen LogP contribution in [0.3, 0.4) is 0 Å². The van der Waals surface area contributed by atoms with Gasteiger partial charge in [0.1, 0.15) is 0 Å². The van der Waals surface area contributed by atoms with Crippen LogP contribution in [0.4, 0.5) is 0 Å². The maximum atomic E-state index is 13.3. The lowest BCUT2D eigenvalue weighted by atomic mass is 9.84. The molecule has 0 aromatic heterocycles. The van der Waals surface area contributed by atoms with Crippen molar-refractivity contribution in [3.05, 3.63) is 58.6 Å². The van der Waals surface area contributed by atoms with E-state index in [1.165, 1.54) is 4.90 Å². The molecule has 3 rings (SSSR count). The van der Waals surface area contributed by atoms with Crippen LogP contribution < -0.4 is 0 Å². The van der Waals surface area contributed by atoms with Crippen LogP contribution in [0.1, 0.15) is 35.2 Å². The molecule has 1 aliphatic heterocycles. The Kier molecular flexibility index (Phi) is 5.33. The zero-order valence-corrected chi connectivity index (χ0v) is 15.8. The minimum absolute atomic E-state index is 0.108. The summed E-state index contributed by atoms with van der Waals surface area (Å²) < 4.78 is 0. The first-order valence-electron chi connectivity index (χ1n) is 8.21. The van der Waals surface area contributed by atoms with Crippen molar-refractivity contribution in [1.82, 2.24) is 4.90 Å². The van der Waals surface area contributed by atoms with Gasteiger partial charge in [0.15, 0.2) is 5.78 Å². The summed E-state index contributed by atoms with van der Waals surface area (Å²) in [5, 5.41) is 0.619. The van der Waals surface area contributed by atoms with E-state index in [2.05, 4.69) is 38.1 Å². The topological polar surface area (TPSA) is 20.3 Å². The fourth-order valence-corrected chi connectivity index (χ4v) is 4.72. The van der Waals surface area contributed by atoms with Crippen molar-refractivity contribution in [1.29, 1.82) is 0 Å². The maximum absolute atomic E-state index is 13.3. The smallest absolute Gasteiger partial charge is 0.171 e. The molecular weight excluding hydrogens is 338 g/mol. The number of ketones is 1. The molecule has 24 heavy (non-hydrogen) atoms. The first-order valence-corrected chi connectivity index (χ1v) is 9.40. The van der Waals surface area contributed by atoms with Gasteiger partial charge in [0.25, 0.3) is 0 Å². The lowest BCUT2D eigenvalue weighted by molar-refractivity contribution is 0.0941. The first kappa shape index (κ1) is 17.5. The molecule has 2 aromatic rings. The molecular formula is C20H22ClNOS. The summed E-state index contributed by atoms with van der Waals surface area (Å²) in [6, 6.07) is 13.9. The molecule has 0 N–H and O–H groups in total. The molecule has 126 valence electrons. The standard InChI is InChI=1S/C20H22ClNOS/c1-13(12-22(2)3)10-16-15-6-4-5-7-18(15)24-19-9-8-14(21)11-17(19)20(16)23/h4-9,11,13,16H,10,12H2,1-3H3. The highest BCUT2D eigenvalue weighted by molar-refractivity contribution is 7.99. The van der Waals surface area contributed by atoms with Crippen LogP contribution in [-0.2, 0) is 0 Å². The van der Waals surface area contributed by atoms with E-state index >= 15 is 0 Å². The third kappa shape index (κ3) is 3.69. The van der Waals surface area contributed by atoms with Crippen LogP contribution in [0, 0.1) is 5.92 Å². The Morgan fingerprint density at radius 1 is 1.17 bits per heavy atom. The predicted octanol–water partition coefficient (Wildman–Crippen LogP) is 5.36. The number of carbonyl (C=O) groups is 1. The van der Waals surface area contributed by atoms with Gasteiger partial charge in [-0.1, -0.05) is 48.5 Å². The summed E-state index contributed by atoms with van der Waals surface area (Å²) in [5.74, 6) is 0.520. The van der Waals surface area contributed by atoms with Crippen molar-refractivity contribution >= 4 is 29.1 Å². The Labute approximate surface area is 153 Å². The summed E-state index contributed by atoms with van der Waals surface area (Å²) in [4.78, 5) is 17.6. The van der Waals surface area contributed by atoms with E-state index in [9.17, 15) is 4.79 Å². The van der Waals surface area contributed by atoms with Crippen LogP contribution in [0.25, 0.3) is 0 Å². The molecule has 0 saturated heterocycles. The van der Waals surface area contributed by atoms with Gasteiger partial charge in [-0.2, -0.15) is 0 Å². The molecule has 1 heterocycles. The Balaban J connectivity index is 2.03. The zero-order chi connectivity index (χ0) is 17.3. The average Bonchev–Trinajstić information content (AvgIpc) is 2.63. The third-order valence-corrected chi connectivity index (χ3v) is 5.76. The van der Waals surface area contributed by atoms with Gasteiger partial charge in [-0.05, 0) is 56.3 Å². The van der Waals surface area contributed by atoms with Crippen LogP contribution in [-0.4, -0.2) is 31.3 Å². The van der Waals surface area contributed by atoms with E-state index in [-0.39, 0.29) is 11.7 Å². The van der Waals surface area contributed by atoms with Gasteiger partial charge in [-0.25, -0.2) is 0 Å². The quantitative estimate of drug-likeness (QED) is 0.733. The number of halogens is 1. The monoisotopic (exact) mass is 359 g/mol. The van der Waals surface area contributed by atoms with E-state index in [1.807, 2.05) is 30.3 Å². The zero-order valence-electron chi connectivity index (χ0n) is 14.3. The van der Waals surface area contributed by atoms with Gasteiger partial charge >= 0.3 is 0 Å². The van der Waals surface area contributed by atoms with Gasteiger partial charge in [0.2, 0.25) is 0 Å². The normalized spacial score (nSPS) is 18.0. The molecule has 2 aromatic carbocycles. The van der Waals surface area contributed by atoms with Crippen molar-refractivity contribution in [2.24, 2.45) is 5.92 Å². The molecule has 2 atom stereocenters. The number of hydrogen-bond acceptors (Lipinski definition) is 3. The number of benzene rings is 2. The minimum Gasteiger partial charge on any atom is -0.309 e. The highest BCUT2D eigenvalue weighted by Gasteiger charge is 2.31. The molecule has 0 spiro atoms. The third-order valence-electron chi connectivity index (χ3n) is 4.35. The van der Waals surface area contributed by atoms with Crippen molar-refractivity contribution in [3.63, 3.8) is 0 Å².